The fourth-order valence-electron chi connectivity index (χ4n) is 4.55. The minimum absolute atomic E-state index is 0.0976. The summed E-state index contributed by atoms with van der Waals surface area (Å²) < 4.78 is 0. The molecule has 0 aromatic heterocycles. The van der Waals surface area contributed by atoms with Gasteiger partial charge in [0, 0.05) is 6.54 Å². The molecule has 3 rings (SSSR count). The van der Waals surface area contributed by atoms with Crippen molar-refractivity contribution in [1.29, 1.82) is 0 Å². The van der Waals surface area contributed by atoms with E-state index in [1.54, 1.807) is 0 Å². The predicted molar refractivity (Wildman–Crippen MR) is 69.8 cm³/mol. The standard InChI is InChI=1S/C15H27NO/c1-11(17)13-4-6-16(7-5-13)10-15-9-12-2-3-14(15)8-12/h11-15,17H,2-10H2,1H3. The summed E-state index contributed by atoms with van der Waals surface area (Å²) in [5, 5.41) is 9.62. The van der Waals surface area contributed by atoms with Gasteiger partial charge >= 0.3 is 0 Å². The average Bonchev–Trinajstić information content (AvgIpc) is 2.91. The fraction of sp³-hybridized carbons (Fsp3) is 1.00. The lowest BCUT2D eigenvalue weighted by Crippen LogP contribution is -2.40. The second-order valence-corrected chi connectivity index (χ2v) is 6.81. The van der Waals surface area contributed by atoms with E-state index in [4.69, 9.17) is 0 Å². The van der Waals surface area contributed by atoms with Crippen molar-refractivity contribution in [2.75, 3.05) is 19.6 Å². The number of aliphatic hydroxyl groups is 1. The van der Waals surface area contributed by atoms with E-state index >= 15 is 0 Å². The highest BCUT2D eigenvalue weighted by Crippen LogP contribution is 2.48. The molecular formula is C15H27NO. The van der Waals surface area contributed by atoms with Crippen molar-refractivity contribution < 1.29 is 5.11 Å². The van der Waals surface area contributed by atoms with E-state index in [2.05, 4.69) is 4.90 Å². The van der Waals surface area contributed by atoms with E-state index in [-0.39, 0.29) is 6.10 Å². The van der Waals surface area contributed by atoms with Crippen LogP contribution in [-0.4, -0.2) is 35.7 Å². The molecule has 4 atom stereocenters. The molecule has 4 unspecified atom stereocenters. The van der Waals surface area contributed by atoms with Gasteiger partial charge in [0.15, 0.2) is 0 Å². The smallest absolute Gasteiger partial charge is 0.0541 e. The van der Waals surface area contributed by atoms with E-state index in [1.165, 1.54) is 58.2 Å². The van der Waals surface area contributed by atoms with Gasteiger partial charge in [-0.25, -0.2) is 0 Å². The summed E-state index contributed by atoms with van der Waals surface area (Å²) in [7, 11) is 0. The van der Waals surface area contributed by atoms with Crippen molar-refractivity contribution >= 4 is 0 Å². The zero-order valence-electron chi connectivity index (χ0n) is 11.1. The van der Waals surface area contributed by atoms with E-state index < -0.39 is 0 Å². The Labute approximate surface area is 105 Å². The van der Waals surface area contributed by atoms with Gasteiger partial charge in [0.05, 0.1) is 6.10 Å². The molecule has 2 heteroatoms. The van der Waals surface area contributed by atoms with Crippen LogP contribution in [0.5, 0.6) is 0 Å². The molecule has 0 spiro atoms. The Kier molecular flexibility index (Phi) is 3.45. The number of fused-ring (bicyclic) bond motifs is 2. The first kappa shape index (κ1) is 12.0. The van der Waals surface area contributed by atoms with E-state index in [9.17, 15) is 5.11 Å². The molecule has 2 bridgehead atoms. The molecule has 0 aromatic carbocycles. The van der Waals surface area contributed by atoms with Gasteiger partial charge in [0.25, 0.3) is 0 Å². The van der Waals surface area contributed by atoms with Crippen molar-refractivity contribution in [3.05, 3.63) is 0 Å². The largest absolute Gasteiger partial charge is 0.393 e. The molecule has 0 aromatic rings. The molecule has 2 aliphatic carbocycles. The Morgan fingerprint density at radius 1 is 1.12 bits per heavy atom. The van der Waals surface area contributed by atoms with Crippen LogP contribution >= 0.6 is 0 Å². The SMILES string of the molecule is CC(O)C1CCN(CC2CC3CCC2C3)CC1. The lowest BCUT2D eigenvalue weighted by Gasteiger charge is -2.36. The van der Waals surface area contributed by atoms with Gasteiger partial charge in [-0.3, -0.25) is 0 Å². The van der Waals surface area contributed by atoms with Crippen LogP contribution in [0, 0.1) is 23.7 Å². The van der Waals surface area contributed by atoms with E-state index in [0.29, 0.717) is 5.92 Å². The van der Waals surface area contributed by atoms with Crippen LogP contribution in [0.4, 0.5) is 0 Å². The summed E-state index contributed by atoms with van der Waals surface area (Å²) in [6.45, 7) is 5.76. The number of rotatable bonds is 3. The Morgan fingerprint density at radius 3 is 2.41 bits per heavy atom. The molecule has 0 amide bonds. The minimum atomic E-state index is -0.0976. The fourth-order valence-corrected chi connectivity index (χ4v) is 4.55. The molecule has 3 fully saturated rings. The summed E-state index contributed by atoms with van der Waals surface area (Å²) in [6.07, 6.45) is 8.40. The number of nitrogens with zero attached hydrogens (tertiary/aromatic N) is 1. The van der Waals surface area contributed by atoms with Crippen molar-refractivity contribution in [3.8, 4) is 0 Å². The van der Waals surface area contributed by atoms with Crippen LogP contribution in [-0.2, 0) is 0 Å². The quantitative estimate of drug-likeness (QED) is 0.815. The first-order chi connectivity index (χ1) is 8.22. The van der Waals surface area contributed by atoms with Gasteiger partial charge in [-0.1, -0.05) is 6.42 Å². The Morgan fingerprint density at radius 2 is 1.88 bits per heavy atom. The van der Waals surface area contributed by atoms with Crippen LogP contribution in [0.15, 0.2) is 0 Å². The zero-order valence-corrected chi connectivity index (χ0v) is 11.1. The average molecular weight is 237 g/mol. The molecule has 3 aliphatic rings. The summed E-state index contributed by atoms with van der Waals surface area (Å²) >= 11 is 0. The van der Waals surface area contributed by atoms with Gasteiger partial charge in [-0.15, -0.1) is 0 Å². The molecule has 1 aliphatic heterocycles. The van der Waals surface area contributed by atoms with Crippen LogP contribution in [0.1, 0.15) is 45.4 Å². The highest BCUT2D eigenvalue weighted by atomic mass is 16.3. The van der Waals surface area contributed by atoms with Crippen LogP contribution in [0.25, 0.3) is 0 Å². The number of likely N-dealkylation sites (tertiary alicyclic amines) is 1. The van der Waals surface area contributed by atoms with Crippen LogP contribution in [0.3, 0.4) is 0 Å². The lowest BCUT2D eigenvalue weighted by molar-refractivity contribution is 0.0623. The second-order valence-electron chi connectivity index (χ2n) is 6.81. The Hall–Kier alpha value is -0.0800. The van der Waals surface area contributed by atoms with Crippen molar-refractivity contribution in [1.82, 2.24) is 4.90 Å². The van der Waals surface area contributed by atoms with Gasteiger partial charge in [-0.05, 0) is 75.8 Å². The summed E-state index contributed by atoms with van der Waals surface area (Å²) in [4.78, 5) is 2.67. The molecule has 1 N–H and O–H groups in total. The van der Waals surface area contributed by atoms with Gasteiger partial charge in [0.1, 0.15) is 0 Å². The summed E-state index contributed by atoms with van der Waals surface area (Å²) in [5.74, 6) is 3.72. The van der Waals surface area contributed by atoms with Crippen molar-refractivity contribution in [2.45, 2.75) is 51.6 Å². The van der Waals surface area contributed by atoms with E-state index in [1.807, 2.05) is 6.92 Å². The van der Waals surface area contributed by atoms with Gasteiger partial charge < -0.3 is 10.0 Å². The number of aliphatic hydroxyl groups excluding tert-OH is 1. The topological polar surface area (TPSA) is 23.5 Å². The molecule has 1 saturated heterocycles. The van der Waals surface area contributed by atoms with Crippen molar-refractivity contribution in [3.63, 3.8) is 0 Å². The predicted octanol–water partition coefficient (Wildman–Crippen LogP) is 2.52. The zero-order chi connectivity index (χ0) is 11.8. The molecule has 17 heavy (non-hydrogen) atoms. The maximum Gasteiger partial charge on any atom is 0.0541 e. The highest BCUT2D eigenvalue weighted by Gasteiger charge is 2.40. The first-order valence-electron chi connectivity index (χ1n) is 7.63. The van der Waals surface area contributed by atoms with Crippen LogP contribution < -0.4 is 0 Å². The summed E-state index contributed by atoms with van der Waals surface area (Å²) in [5.41, 5.74) is 0. The van der Waals surface area contributed by atoms with Gasteiger partial charge in [-0.2, -0.15) is 0 Å². The monoisotopic (exact) mass is 237 g/mol. The lowest BCUT2D eigenvalue weighted by atomic mass is 9.87. The van der Waals surface area contributed by atoms with E-state index in [0.717, 1.165) is 17.8 Å². The number of hydrogen-bond donors (Lipinski definition) is 1. The molecule has 1 heterocycles. The normalized spacial score (nSPS) is 40.9. The maximum absolute atomic E-state index is 9.62. The third-order valence-electron chi connectivity index (χ3n) is 5.69. The third-order valence-corrected chi connectivity index (χ3v) is 5.69. The molecule has 2 nitrogen and oxygen atoms in total. The number of piperidine rings is 1. The second kappa shape index (κ2) is 4.89. The summed E-state index contributed by atoms with van der Waals surface area (Å²) in [6, 6.07) is 0. The molecule has 98 valence electrons. The van der Waals surface area contributed by atoms with Crippen molar-refractivity contribution in [2.24, 2.45) is 23.7 Å². The first-order valence-corrected chi connectivity index (χ1v) is 7.63. The Bertz CT molecular complexity index is 258. The molecule has 0 radical (unpaired) electrons. The Balaban J connectivity index is 1.45. The third kappa shape index (κ3) is 2.53. The maximum atomic E-state index is 9.62. The molecule has 2 saturated carbocycles. The highest BCUT2D eigenvalue weighted by molar-refractivity contribution is 4.91. The number of hydrogen-bond acceptors (Lipinski definition) is 2. The van der Waals surface area contributed by atoms with Crippen LogP contribution in [0.2, 0.25) is 0 Å². The molecular weight excluding hydrogens is 210 g/mol. The van der Waals surface area contributed by atoms with Gasteiger partial charge in [0.2, 0.25) is 0 Å². The minimum Gasteiger partial charge on any atom is -0.393 e.